The number of ether oxygens (including phenoxy) is 2. The van der Waals surface area contributed by atoms with E-state index in [4.69, 9.17) is 9.47 Å². The van der Waals surface area contributed by atoms with Gasteiger partial charge in [0.1, 0.15) is 18.0 Å². The van der Waals surface area contributed by atoms with Crippen LogP contribution in [-0.2, 0) is 0 Å². The van der Waals surface area contributed by atoms with Crippen molar-refractivity contribution in [2.75, 3.05) is 13.2 Å². The number of benzene rings is 2. The van der Waals surface area contributed by atoms with Crippen molar-refractivity contribution in [3.63, 3.8) is 0 Å². The van der Waals surface area contributed by atoms with Gasteiger partial charge in [-0.05, 0) is 60.6 Å². The van der Waals surface area contributed by atoms with Gasteiger partial charge in [0.15, 0.2) is 11.6 Å². The van der Waals surface area contributed by atoms with E-state index in [0.29, 0.717) is 35.0 Å². The molecule has 0 heterocycles. The molecule has 29 heavy (non-hydrogen) atoms. The smallest absolute Gasteiger partial charge is 0.170 e. The molecule has 1 N–H and O–H groups in total. The van der Waals surface area contributed by atoms with E-state index in [1.165, 1.54) is 30.9 Å². The largest absolute Gasteiger partial charge is 0.493 e. The minimum absolute atomic E-state index is 0.00501. The number of nitrogens with one attached hydrogen (secondary N) is 1. The average Bonchev–Trinajstić information content (AvgIpc) is 2.75. The van der Waals surface area contributed by atoms with E-state index < -0.39 is 18.0 Å². The van der Waals surface area contributed by atoms with Crippen LogP contribution >= 0.6 is 0 Å². The summed E-state index contributed by atoms with van der Waals surface area (Å²) in [5.41, 5.74) is 2.72. The molecule has 2 aromatic rings. The highest BCUT2D eigenvalue weighted by molar-refractivity contribution is 5.76. The van der Waals surface area contributed by atoms with E-state index in [-0.39, 0.29) is 17.9 Å². The molecule has 2 atom stereocenters. The monoisotopic (exact) mass is 405 g/mol. The fraction of sp³-hybridized carbons (Fsp3) is 0.478. The lowest BCUT2D eigenvalue weighted by atomic mass is 9.81. The van der Waals surface area contributed by atoms with E-state index >= 15 is 4.39 Å². The summed E-state index contributed by atoms with van der Waals surface area (Å²) in [6, 6.07) is 6.83. The summed E-state index contributed by atoms with van der Waals surface area (Å²) in [5.74, 6) is 0.345. The second kappa shape index (κ2) is 8.66. The number of hydrogen-bond acceptors (Lipinski definition) is 3. The lowest BCUT2D eigenvalue weighted by molar-refractivity contribution is 0.164. The number of fused-ring (bicyclic) bond motifs is 3. The molecule has 0 aromatic heterocycles. The highest BCUT2D eigenvalue weighted by Crippen LogP contribution is 2.49. The lowest BCUT2D eigenvalue weighted by Gasteiger charge is -2.30. The van der Waals surface area contributed by atoms with Gasteiger partial charge in [-0.25, -0.2) is 8.78 Å². The summed E-state index contributed by atoms with van der Waals surface area (Å²) in [6.07, 6.45) is 4.28. The molecular formula is C23H26F3NO2. The maximum atomic E-state index is 15.2. The topological polar surface area (TPSA) is 30.5 Å². The molecule has 0 aliphatic heterocycles. The van der Waals surface area contributed by atoms with Crippen molar-refractivity contribution in [2.45, 2.75) is 51.2 Å². The summed E-state index contributed by atoms with van der Waals surface area (Å²) in [5, 5.41) is 0. The molecule has 0 bridgehead atoms. The molecule has 1 saturated carbocycles. The molecule has 0 spiro atoms. The normalized spacial score (nSPS) is 21.4. The Hall–Kier alpha value is -2.21. The van der Waals surface area contributed by atoms with E-state index in [1.54, 1.807) is 31.2 Å². The first-order valence-electron chi connectivity index (χ1n) is 10.4. The first-order valence-corrected chi connectivity index (χ1v) is 10.4. The highest BCUT2D eigenvalue weighted by Gasteiger charge is 2.37. The standard InChI is InChI=1S/C23H26F3NO2/c1-2-28-19-11-10-17-16-9-8-15(29-13-14-6-4-3-5-7-14)12-18(16)21(24)23(27-26)20(17)22(19)25/h8-12,14,21,23,27H,2-7,13H2,1H3. The molecule has 0 amide bonds. The van der Waals surface area contributed by atoms with Crippen LogP contribution < -0.4 is 15.0 Å². The van der Waals surface area contributed by atoms with Crippen molar-refractivity contribution in [1.29, 1.82) is 0 Å². The Labute approximate surface area is 169 Å². The van der Waals surface area contributed by atoms with Gasteiger partial charge < -0.3 is 9.47 Å². The SMILES string of the molecule is CCOc1ccc2c(c1F)C(NF)C(F)c1cc(OCC3CCCCC3)ccc1-2. The van der Waals surface area contributed by atoms with Gasteiger partial charge in [-0.3, -0.25) is 0 Å². The first-order chi connectivity index (χ1) is 14.1. The maximum Gasteiger partial charge on any atom is 0.170 e. The molecule has 2 aromatic carbocycles. The quantitative estimate of drug-likeness (QED) is 0.565. The van der Waals surface area contributed by atoms with Gasteiger partial charge in [-0.15, -0.1) is 10.0 Å². The Balaban J connectivity index is 1.66. The molecule has 2 aliphatic rings. The van der Waals surface area contributed by atoms with Gasteiger partial charge >= 0.3 is 0 Å². The minimum Gasteiger partial charge on any atom is -0.493 e. The van der Waals surface area contributed by atoms with Crippen LogP contribution in [0.4, 0.5) is 13.3 Å². The van der Waals surface area contributed by atoms with Crippen molar-refractivity contribution in [3.05, 3.63) is 47.3 Å². The number of halogens is 3. The van der Waals surface area contributed by atoms with Crippen molar-refractivity contribution in [1.82, 2.24) is 5.54 Å². The Kier molecular flexibility index (Phi) is 5.99. The molecule has 1 fully saturated rings. The third-order valence-electron chi connectivity index (χ3n) is 5.99. The zero-order valence-electron chi connectivity index (χ0n) is 16.5. The maximum absolute atomic E-state index is 15.2. The zero-order valence-corrected chi connectivity index (χ0v) is 16.5. The van der Waals surface area contributed by atoms with Crippen molar-refractivity contribution in [3.8, 4) is 22.6 Å². The summed E-state index contributed by atoms with van der Waals surface area (Å²) >= 11 is 0. The molecule has 2 unspecified atom stereocenters. The number of hydrogen-bond donors (Lipinski definition) is 1. The number of alkyl halides is 1. The van der Waals surface area contributed by atoms with Crippen LogP contribution in [0.1, 0.15) is 62.4 Å². The van der Waals surface area contributed by atoms with Crippen LogP contribution in [0.2, 0.25) is 0 Å². The predicted molar refractivity (Wildman–Crippen MR) is 106 cm³/mol. The van der Waals surface area contributed by atoms with Crippen LogP contribution in [0, 0.1) is 11.7 Å². The first kappa shape index (κ1) is 20.1. The summed E-state index contributed by atoms with van der Waals surface area (Å²) < 4.78 is 54.9. The van der Waals surface area contributed by atoms with Crippen molar-refractivity contribution in [2.24, 2.45) is 5.92 Å². The van der Waals surface area contributed by atoms with E-state index in [0.717, 1.165) is 12.8 Å². The fourth-order valence-corrected chi connectivity index (χ4v) is 4.49. The minimum atomic E-state index is -1.74. The molecule has 0 radical (unpaired) electrons. The molecule has 6 heteroatoms. The van der Waals surface area contributed by atoms with Gasteiger partial charge in [-0.1, -0.05) is 31.4 Å². The van der Waals surface area contributed by atoms with Gasteiger partial charge in [0, 0.05) is 5.56 Å². The molecule has 4 rings (SSSR count). The number of rotatable bonds is 6. The Morgan fingerprint density at radius 1 is 1.03 bits per heavy atom. The van der Waals surface area contributed by atoms with Crippen LogP contribution in [0.25, 0.3) is 11.1 Å². The lowest BCUT2D eigenvalue weighted by Crippen LogP contribution is -2.25. The summed E-state index contributed by atoms with van der Waals surface area (Å²) in [7, 11) is 0. The van der Waals surface area contributed by atoms with Crippen LogP contribution in [-0.4, -0.2) is 13.2 Å². The van der Waals surface area contributed by atoms with Crippen LogP contribution in [0.15, 0.2) is 30.3 Å². The van der Waals surface area contributed by atoms with Crippen LogP contribution in [0.3, 0.4) is 0 Å². The van der Waals surface area contributed by atoms with Gasteiger partial charge in [-0.2, -0.15) is 0 Å². The molecule has 2 aliphatic carbocycles. The van der Waals surface area contributed by atoms with Gasteiger partial charge in [0.05, 0.1) is 13.2 Å². The fourth-order valence-electron chi connectivity index (χ4n) is 4.49. The van der Waals surface area contributed by atoms with E-state index in [9.17, 15) is 8.87 Å². The Bertz CT molecular complexity index is 867. The molecule has 0 saturated heterocycles. The third kappa shape index (κ3) is 3.82. The molecule has 3 nitrogen and oxygen atoms in total. The second-order valence-electron chi connectivity index (χ2n) is 7.82. The van der Waals surface area contributed by atoms with Crippen molar-refractivity contribution < 1.29 is 22.7 Å². The average molecular weight is 405 g/mol. The van der Waals surface area contributed by atoms with E-state index in [1.807, 2.05) is 0 Å². The van der Waals surface area contributed by atoms with Crippen molar-refractivity contribution >= 4 is 0 Å². The van der Waals surface area contributed by atoms with Gasteiger partial charge in [0.25, 0.3) is 0 Å². The van der Waals surface area contributed by atoms with E-state index in [2.05, 4.69) is 0 Å². The van der Waals surface area contributed by atoms with Crippen LogP contribution in [0.5, 0.6) is 11.5 Å². The Morgan fingerprint density at radius 2 is 1.79 bits per heavy atom. The van der Waals surface area contributed by atoms with Gasteiger partial charge in [0.2, 0.25) is 0 Å². The molecule has 156 valence electrons. The highest BCUT2D eigenvalue weighted by atomic mass is 19.2. The zero-order chi connectivity index (χ0) is 20.4. The summed E-state index contributed by atoms with van der Waals surface area (Å²) in [4.78, 5) is 0. The molecular weight excluding hydrogens is 379 g/mol. The predicted octanol–water partition coefficient (Wildman–Crippen LogP) is 6.39. The second-order valence-corrected chi connectivity index (χ2v) is 7.82. The third-order valence-corrected chi connectivity index (χ3v) is 5.99. The Morgan fingerprint density at radius 3 is 2.52 bits per heavy atom. The summed E-state index contributed by atoms with van der Waals surface area (Å²) in [6.45, 7) is 2.59.